The van der Waals surface area contributed by atoms with Crippen molar-refractivity contribution < 1.29 is 9.90 Å². The SMILES string of the molecule is C=CCN(CCO)C(=O)c1cc(C(C)C)nn1CC. The monoisotopic (exact) mass is 265 g/mol. The summed E-state index contributed by atoms with van der Waals surface area (Å²) in [7, 11) is 0. The molecule has 5 heteroatoms. The van der Waals surface area contributed by atoms with E-state index < -0.39 is 0 Å². The van der Waals surface area contributed by atoms with Crippen LogP contribution in [0.15, 0.2) is 18.7 Å². The zero-order valence-electron chi connectivity index (χ0n) is 12.0. The third-order valence-electron chi connectivity index (χ3n) is 2.92. The second-order valence-electron chi connectivity index (χ2n) is 4.69. The van der Waals surface area contributed by atoms with Gasteiger partial charge in [-0.1, -0.05) is 19.9 Å². The molecular formula is C14H23N3O2. The summed E-state index contributed by atoms with van der Waals surface area (Å²) in [5, 5.41) is 13.5. The number of carbonyl (C=O) groups is 1. The fraction of sp³-hybridized carbons (Fsp3) is 0.571. The molecule has 0 bridgehead atoms. The molecule has 19 heavy (non-hydrogen) atoms. The minimum atomic E-state index is -0.116. The Labute approximate surface area is 114 Å². The summed E-state index contributed by atoms with van der Waals surface area (Å²) < 4.78 is 1.71. The van der Waals surface area contributed by atoms with Crippen molar-refractivity contribution in [2.45, 2.75) is 33.2 Å². The third kappa shape index (κ3) is 3.67. The van der Waals surface area contributed by atoms with Crippen molar-refractivity contribution in [3.63, 3.8) is 0 Å². The van der Waals surface area contributed by atoms with Crippen molar-refractivity contribution in [2.24, 2.45) is 0 Å². The molecule has 0 aliphatic rings. The van der Waals surface area contributed by atoms with E-state index in [-0.39, 0.29) is 18.4 Å². The summed E-state index contributed by atoms with van der Waals surface area (Å²) in [5.74, 6) is 0.167. The highest BCUT2D eigenvalue weighted by molar-refractivity contribution is 5.92. The number of aromatic nitrogens is 2. The smallest absolute Gasteiger partial charge is 0.272 e. The minimum Gasteiger partial charge on any atom is -0.395 e. The Kier molecular flexibility index (Phi) is 5.76. The Morgan fingerprint density at radius 3 is 2.79 bits per heavy atom. The van der Waals surface area contributed by atoms with Crippen LogP contribution in [0, 0.1) is 0 Å². The zero-order valence-corrected chi connectivity index (χ0v) is 12.0. The van der Waals surface area contributed by atoms with Crippen LogP contribution in [0.2, 0.25) is 0 Å². The lowest BCUT2D eigenvalue weighted by atomic mass is 10.1. The molecule has 0 aliphatic carbocycles. The fourth-order valence-electron chi connectivity index (χ4n) is 1.85. The maximum atomic E-state index is 12.4. The van der Waals surface area contributed by atoms with Gasteiger partial charge in [-0.25, -0.2) is 0 Å². The van der Waals surface area contributed by atoms with E-state index >= 15 is 0 Å². The van der Waals surface area contributed by atoms with E-state index in [9.17, 15) is 4.79 Å². The first kappa shape index (κ1) is 15.4. The van der Waals surface area contributed by atoms with E-state index in [4.69, 9.17) is 5.11 Å². The number of hydrogen-bond acceptors (Lipinski definition) is 3. The number of hydrogen-bond donors (Lipinski definition) is 1. The topological polar surface area (TPSA) is 58.4 Å². The van der Waals surface area contributed by atoms with Gasteiger partial charge in [0, 0.05) is 19.6 Å². The van der Waals surface area contributed by atoms with Crippen molar-refractivity contribution in [3.8, 4) is 0 Å². The molecule has 0 saturated carbocycles. The molecule has 0 unspecified atom stereocenters. The van der Waals surface area contributed by atoms with Gasteiger partial charge < -0.3 is 10.0 Å². The standard InChI is InChI=1S/C14H23N3O2/c1-5-7-16(8-9-18)14(19)13-10-12(11(3)4)15-17(13)6-2/h5,10-11,18H,1,6-9H2,2-4H3. The Morgan fingerprint density at radius 2 is 2.32 bits per heavy atom. The number of rotatable bonds is 7. The Hall–Kier alpha value is -1.62. The summed E-state index contributed by atoms with van der Waals surface area (Å²) in [6.45, 7) is 11.0. The molecule has 1 rings (SSSR count). The molecule has 1 N–H and O–H groups in total. The molecule has 0 atom stereocenters. The number of aliphatic hydroxyl groups is 1. The summed E-state index contributed by atoms with van der Waals surface area (Å²) >= 11 is 0. The predicted octanol–water partition coefficient (Wildman–Crippen LogP) is 1.65. The molecule has 1 amide bonds. The van der Waals surface area contributed by atoms with Crippen LogP contribution < -0.4 is 0 Å². The van der Waals surface area contributed by atoms with E-state index in [1.54, 1.807) is 15.7 Å². The number of carbonyl (C=O) groups excluding carboxylic acids is 1. The average Bonchev–Trinajstić information content (AvgIpc) is 2.82. The van der Waals surface area contributed by atoms with Crippen molar-refractivity contribution >= 4 is 5.91 Å². The highest BCUT2D eigenvalue weighted by Gasteiger charge is 2.20. The highest BCUT2D eigenvalue weighted by Crippen LogP contribution is 2.16. The van der Waals surface area contributed by atoms with E-state index in [0.29, 0.717) is 25.3 Å². The van der Waals surface area contributed by atoms with Gasteiger partial charge in [-0.05, 0) is 18.9 Å². The molecule has 0 aliphatic heterocycles. The molecular weight excluding hydrogens is 242 g/mol. The molecule has 1 aromatic rings. The van der Waals surface area contributed by atoms with Gasteiger partial charge in [-0.15, -0.1) is 6.58 Å². The molecule has 0 saturated heterocycles. The van der Waals surface area contributed by atoms with Gasteiger partial charge in [0.15, 0.2) is 0 Å². The summed E-state index contributed by atoms with van der Waals surface area (Å²) in [6, 6.07) is 1.84. The van der Waals surface area contributed by atoms with E-state index in [0.717, 1.165) is 5.69 Å². The second kappa shape index (κ2) is 7.09. The van der Waals surface area contributed by atoms with Gasteiger partial charge in [0.2, 0.25) is 0 Å². The van der Waals surface area contributed by atoms with Gasteiger partial charge in [0.1, 0.15) is 5.69 Å². The number of nitrogens with zero attached hydrogens (tertiary/aromatic N) is 3. The van der Waals surface area contributed by atoms with Crippen LogP contribution in [0.1, 0.15) is 42.9 Å². The summed E-state index contributed by atoms with van der Waals surface area (Å²) in [4.78, 5) is 14.0. The molecule has 1 heterocycles. The maximum Gasteiger partial charge on any atom is 0.272 e. The van der Waals surface area contributed by atoms with Gasteiger partial charge in [0.25, 0.3) is 5.91 Å². The van der Waals surface area contributed by atoms with Crippen molar-refractivity contribution in [3.05, 3.63) is 30.1 Å². The third-order valence-corrected chi connectivity index (χ3v) is 2.92. The van der Waals surface area contributed by atoms with E-state index in [2.05, 4.69) is 11.7 Å². The number of aryl methyl sites for hydroxylation is 1. The maximum absolute atomic E-state index is 12.4. The number of amides is 1. The lowest BCUT2D eigenvalue weighted by Crippen LogP contribution is -2.35. The molecule has 0 aromatic carbocycles. The average molecular weight is 265 g/mol. The fourth-order valence-corrected chi connectivity index (χ4v) is 1.85. The molecule has 5 nitrogen and oxygen atoms in total. The van der Waals surface area contributed by atoms with Crippen LogP contribution >= 0.6 is 0 Å². The summed E-state index contributed by atoms with van der Waals surface area (Å²) in [5.41, 5.74) is 1.48. The van der Waals surface area contributed by atoms with E-state index in [1.807, 2.05) is 26.8 Å². The molecule has 0 radical (unpaired) electrons. The minimum absolute atomic E-state index is 0.0587. The first-order valence-corrected chi connectivity index (χ1v) is 6.63. The second-order valence-corrected chi connectivity index (χ2v) is 4.69. The molecule has 1 aromatic heterocycles. The predicted molar refractivity (Wildman–Crippen MR) is 75.2 cm³/mol. The molecule has 106 valence electrons. The zero-order chi connectivity index (χ0) is 14.4. The van der Waals surface area contributed by atoms with Crippen LogP contribution in [-0.4, -0.2) is 45.4 Å². The van der Waals surface area contributed by atoms with Crippen LogP contribution in [0.25, 0.3) is 0 Å². The normalized spacial score (nSPS) is 10.8. The van der Waals surface area contributed by atoms with Crippen LogP contribution in [0.5, 0.6) is 0 Å². The Balaban J connectivity index is 3.05. The highest BCUT2D eigenvalue weighted by atomic mass is 16.3. The first-order chi connectivity index (χ1) is 9.04. The lowest BCUT2D eigenvalue weighted by molar-refractivity contribution is 0.0730. The van der Waals surface area contributed by atoms with Gasteiger partial charge >= 0.3 is 0 Å². The van der Waals surface area contributed by atoms with Crippen LogP contribution in [0.4, 0.5) is 0 Å². The van der Waals surface area contributed by atoms with Crippen molar-refractivity contribution in [1.29, 1.82) is 0 Å². The number of aliphatic hydroxyl groups excluding tert-OH is 1. The molecule has 0 spiro atoms. The van der Waals surface area contributed by atoms with Crippen molar-refractivity contribution in [2.75, 3.05) is 19.7 Å². The Morgan fingerprint density at radius 1 is 1.63 bits per heavy atom. The van der Waals surface area contributed by atoms with Crippen LogP contribution in [0.3, 0.4) is 0 Å². The molecule has 0 fully saturated rings. The Bertz CT molecular complexity index is 438. The van der Waals surface area contributed by atoms with Gasteiger partial charge in [-0.3, -0.25) is 9.48 Å². The van der Waals surface area contributed by atoms with Gasteiger partial charge in [-0.2, -0.15) is 5.10 Å². The lowest BCUT2D eigenvalue weighted by Gasteiger charge is -2.20. The first-order valence-electron chi connectivity index (χ1n) is 6.63. The van der Waals surface area contributed by atoms with Crippen molar-refractivity contribution in [1.82, 2.24) is 14.7 Å². The van der Waals surface area contributed by atoms with Gasteiger partial charge in [0.05, 0.1) is 12.3 Å². The van der Waals surface area contributed by atoms with Crippen LogP contribution in [-0.2, 0) is 6.54 Å². The summed E-state index contributed by atoms with van der Waals surface area (Å²) in [6.07, 6.45) is 1.66. The quantitative estimate of drug-likeness (QED) is 0.763. The largest absolute Gasteiger partial charge is 0.395 e. The van der Waals surface area contributed by atoms with E-state index in [1.165, 1.54) is 0 Å².